The second kappa shape index (κ2) is 4.45. The summed E-state index contributed by atoms with van der Waals surface area (Å²) < 4.78 is 2.24. The Balaban J connectivity index is 2.41. The van der Waals surface area contributed by atoms with E-state index in [9.17, 15) is 0 Å². The molecule has 1 aromatic rings. The standard InChI is InChI=1S/C14H25N3/c1-6-10(2)17-13-8-14(3,4)7-12(15-5)11(13)9-16-17/h9-10,12,15H,6-8H2,1-5H3. The molecule has 1 N–H and O–H groups in total. The molecule has 96 valence electrons. The molecular weight excluding hydrogens is 210 g/mol. The largest absolute Gasteiger partial charge is 0.313 e. The van der Waals surface area contributed by atoms with Crippen molar-refractivity contribution in [3.63, 3.8) is 0 Å². The summed E-state index contributed by atoms with van der Waals surface area (Å²) in [7, 11) is 2.05. The maximum atomic E-state index is 4.61. The van der Waals surface area contributed by atoms with Gasteiger partial charge in [-0.15, -0.1) is 0 Å². The van der Waals surface area contributed by atoms with Crippen LogP contribution in [0.25, 0.3) is 0 Å². The van der Waals surface area contributed by atoms with E-state index in [1.165, 1.54) is 17.7 Å². The number of nitrogens with zero attached hydrogens (tertiary/aromatic N) is 2. The van der Waals surface area contributed by atoms with Gasteiger partial charge < -0.3 is 5.32 Å². The second-order valence-corrected chi connectivity index (χ2v) is 6.13. The number of hydrogen-bond acceptors (Lipinski definition) is 2. The Morgan fingerprint density at radius 1 is 1.59 bits per heavy atom. The van der Waals surface area contributed by atoms with Gasteiger partial charge in [0.2, 0.25) is 0 Å². The Kier molecular flexibility index (Phi) is 3.30. The van der Waals surface area contributed by atoms with E-state index in [2.05, 4.69) is 56.0 Å². The molecule has 2 atom stereocenters. The van der Waals surface area contributed by atoms with Gasteiger partial charge in [-0.3, -0.25) is 4.68 Å². The van der Waals surface area contributed by atoms with Gasteiger partial charge in [0, 0.05) is 23.3 Å². The van der Waals surface area contributed by atoms with Gasteiger partial charge in [-0.2, -0.15) is 5.10 Å². The lowest BCUT2D eigenvalue weighted by Gasteiger charge is -2.36. The predicted octanol–water partition coefficient (Wildman–Crippen LogP) is 3.09. The van der Waals surface area contributed by atoms with Crippen molar-refractivity contribution in [1.29, 1.82) is 0 Å². The van der Waals surface area contributed by atoms with Crippen LogP contribution in [0.2, 0.25) is 0 Å². The molecule has 2 unspecified atom stereocenters. The number of fused-ring (bicyclic) bond motifs is 1. The molecule has 1 aromatic heterocycles. The topological polar surface area (TPSA) is 29.9 Å². The van der Waals surface area contributed by atoms with E-state index in [-0.39, 0.29) is 0 Å². The van der Waals surface area contributed by atoms with E-state index < -0.39 is 0 Å². The van der Waals surface area contributed by atoms with Crippen LogP contribution in [-0.2, 0) is 6.42 Å². The van der Waals surface area contributed by atoms with Crippen LogP contribution in [0.15, 0.2) is 6.20 Å². The summed E-state index contributed by atoms with van der Waals surface area (Å²) in [4.78, 5) is 0. The summed E-state index contributed by atoms with van der Waals surface area (Å²) >= 11 is 0. The molecule has 0 aromatic carbocycles. The fraction of sp³-hybridized carbons (Fsp3) is 0.786. The van der Waals surface area contributed by atoms with Gasteiger partial charge in [-0.25, -0.2) is 0 Å². The second-order valence-electron chi connectivity index (χ2n) is 6.13. The Labute approximate surface area is 105 Å². The number of rotatable bonds is 3. The van der Waals surface area contributed by atoms with Gasteiger partial charge in [0.1, 0.15) is 0 Å². The number of aromatic nitrogens is 2. The fourth-order valence-electron chi connectivity index (χ4n) is 2.87. The molecule has 1 aliphatic rings. The first-order chi connectivity index (χ1) is 7.98. The van der Waals surface area contributed by atoms with E-state index >= 15 is 0 Å². The lowest BCUT2D eigenvalue weighted by atomic mass is 9.74. The first-order valence-corrected chi connectivity index (χ1v) is 6.72. The summed E-state index contributed by atoms with van der Waals surface area (Å²) in [6.45, 7) is 9.19. The minimum atomic E-state index is 0.367. The summed E-state index contributed by atoms with van der Waals surface area (Å²) in [6, 6.07) is 0.969. The van der Waals surface area contributed by atoms with E-state index in [4.69, 9.17) is 0 Å². The molecule has 0 aliphatic heterocycles. The van der Waals surface area contributed by atoms with Gasteiger partial charge in [0.05, 0.1) is 6.20 Å². The van der Waals surface area contributed by atoms with Gasteiger partial charge in [0.15, 0.2) is 0 Å². The molecule has 0 fully saturated rings. The van der Waals surface area contributed by atoms with Crippen molar-refractivity contribution in [3.8, 4) is 0 Å². The molecule has 0 bridgehead atoms. The third-order valence-electron chi connectivity index (χ3n) is 4.07. The molecule has 0 saturated heterocycles. The molecule has 0 saturated carbocycles. The number of nitrogens with one attached hydrogen (secondary N) is 1. The third kappa shape index (κ3) is 2.25. The highest BCUT2D eigenvalue weighted by molar-refractivity contribution is 5.27. The number of hydrogen-bond donors (Lipinski definition) is 1. The van der Waals surface area contributed by atoms with Crippen molar-refractivity contribution in [1.82, 2.24) is 15.1 Å². The summed E-state index contributed by atoms with van der Waals surface area (Å²) in [5.74, 6) is 0. The summed E-state index contributed by atoms with van der Waals surface area (Å²) in [5, 5.41) is 8.04. The van der Waals surface area contributed by atoms with E-state index in [1.54, 1.807) is 0 Å². The van der Waals surface area contributed by atoms with Crippen LogP contribution >= 0.6 is 0 Å². The van der Waals surface area contributed by atoms with Gasteiger partial charge >= 0.3 is 0 Å². The predicted molar refractivity (Wildman–Crippen MR) is 71.1 cm³/mol. The zero-order chi connectivity index (χ0) is 12.6. The maximum Gasteiger partial charge on any atom is 0.0540 e. The molecule has 1 aliphatic carbocycles. The normalized spacial score (nSPS) is 24.4. The van der Waals surface area contributed by atoms with Crippen LogP contribution in [0.4, 0.5) is 0 Å². The van der Waals surface area contributed by atoms with Crippen molar-refractivity contribution < 1.29 is 0 Å². The quantitative estimate of drug-likeness (QED) is 0.872. The molecule has 2 rings (SSSR count). The van der Waals surface area contributed by atoms with Crippen LogP contribution in [-0.4, -0.2) is 16.8 Å². The molecule has 0 spiro atoms. The van der Waals surface area contributed by atoms with Gasteiger partial charge in [0.25, 0.3) is 0 Å². The smallest absolute Gasteiger partial charge is 0.0540 e. The fourth-order valence-corrected chi connectivity index (χ4v) is 2.87. The van der Waals surface area contributed by atoms with E-state index in [1.807, 2.05) is 0 Å². The van der Waals surface area contributed by atoms with Crippen LogP contribution in [0.1, 0.15) is 63.9 Å². The monoisotopic (exact) mass is 235 g/mol. The Morgan fingerprint density at radius 3 is 2.88 bits per heavy atom. The van der Waals surface area contributed by atoms with E-state index in [0.29, 0.717) is 17.5 Å². The van der Waals surface area contributed by atoms with E-state index in [0.717, 1.165) is 12.8 Å². The van der Waals surface area contributed by atoms with Crippen LogP contribution in [0.5, 0.6) is 0 Å². The maximum absolute atomic E-state index is 4.61. The molecule has 0 amide bonds. The van der Waals surface area contributed by atoms with Crippen LogP contribution in [0.3, 0.4) is 0 Å². The highest BCUT2D eigenvalue weighted by atomic mass is 15.3. The summed E-state index contributed by atoms with van der Waals surface area (Å²) in [5.41, 5.74) is 3.22. The SMILES string of the molecule is CCC(C)n1ncc2c1CC(C)(C)CC2NC. The Hall–Kier alpha value is -0.830. The molecule has 0 radical (unpaired) electrons. The van der Waals surface area contributed by atoms with Crippen LogP contribution in [0, 0.1) is 5.41 Å². The van der Waals surface area contributed by atoms with Crippen molar-refractivity contribution >= 4 is 0 Å². The Bertz CT molecular complexity index is 379. The molecule has 3 nitrogen and oxygen atoms in total. The molecule has 1 heterocycles. The van der Waals surface area contributed by atoms with Crippen molar-refractivity contribution in [2.75, 3.05) is 7.05 Å². The minimum Gasteiger partial charge on any atom is -0.313 e. The summed E-state index contributed by atoms with van der Waals surface area (Å²) in [6.07, 6.45) is 5.55. The lowest BCUT2D eigenvalue weighted by molar-refractivity contribution is 0.253. The van der Waals surface area contributed by atoms with Crippen molar-refractivity contribution in [3.05, 3.63) is 17.5 Å². The van der Waals surface area contributed by atoms with Gasteiger partial charge in [-0.1, -0.05) is 20.8 Å². The molecule has 3 heteroatoms. The Morgan fingerprint density at radius 2 is 2.29 bits per heavy atom. The highest BCUT2D eigenvalue weighted by Gasteiger charge is 2.34. The average molecular weight is 235 g/mol. The highest BCUT2D eigenvalue weighted by Crippen LogP contribution is 2.41. The van der Waals surface area contributed by atoms with Gasteiger partial charge in [-0.05, 0) is 38.6 Å². The van der Waals surface area contributed by atoms with Crippen molar-refractivity contribution in [2.24, 2.45) is 5.41 Å². The first-order valence-electron chi connectivity index (χ1n) is 6.72. The average Bonchev–Trinajstić information content (AvgIpc) is 2.68. The molecular formula is C14H25N3. The third-order valence-corrected chi connectivity index (χ3v) is 4.07. The first kappa shape index (κ1) is 12.6. The minimum absolute atomic E-state index is 0.367. The van der Waals surface area contributed by atoms with Crippen molar-refractivity contribution in [2.45, 2.75) is 59.0 Å². The van der Waals surface area contributed by atoms with Crippen LogP contribution < -0.4 is 5.32 Å². The zero-order valence-electron chi connectivity index (χ0n) is 11.7. The zero-order valence-corrected chi connectivity index (χ0v) is 11.7. The lowest BCUT2D eigenvalue weighted by Crippen LogP contribution is -2.32. The molecule has 17 heavy (non-hydrogen) atoms.